The molecule has 1 unspecified atom stereocenters. The lowest BCUT2D eigenvalue weighted by molar-refractivity contribution is -0.167. The maximum absolute atomic E-state index is 12.9. The fraction of sp³-hybridized carbons (Fsp3) is 0.928. The number of carbonyl (C=O) groups excluding carboxylic acids is 3. The van der Waals surface area contributed by atoms with Gasteiger partial charge < -0.3 is 14.2 Å². The van der Waals surface area contributed by atoms with Gasteiger partial charge in [0.15, 0.2) is 6.10 Å². The largest absolute Gasteiger partial charge is 0.462 e. The first-order valence-electron chi connectivity index (χ1n) is 34.2. The Morgan fingerprint density at radius 2 is 0.440 bits per heavy atom. The standard InChI is InChI=1S/C69H132O6/c1-4-7-10-13-16-19-22-25-28-31-34-36-38-41-44-47-50-53-56-59-62-68(71)74-65-66(64-73-67(70)61-58-55-52-49-46-43-40-37-33-30-27-24-21-18-15-12-9-6-3)75-69(72)63-60-57-54-51-48-45-42-39-35-32-29-26-23-20-17-14-11-8-5-2/h26,29,66H,4-25,27-28,30-65H2,1-3H3/b29-26-. The van der Waals surface area contributed by atoms with Crippen molar-refractivity contribution in [2.75, 3.05) is 13.2 Å². The first-order valence-corrected chi connectivity index (χ1v) is 34.2. The first-order chi connectivity index (χ1) is 37.0. The van der Waals surface area contributed by atoms with Crippen molar-refractivity contribution >= 4 is 17.9 Å². The molecular weight excluding hydrogens is 925 g/mol. The van der Waals surface area contributed by atoms with Crippen LogP contribution in [0.2, 0.25) is 0 Å². The average Bonchev–Trinajstić information content (AvgIpc) is 3.41. The van der Waals surface area contributed by atoms with Crippen molar-refractivity contribution in [2.45, 2.75) is 399 Å². The molecule has 0 fully saturated rings. The van der Waals surface area contributed by atoms with E-state index in [1.165, 1.54) is 295 Å². The third kappa shape index (κ3) is 62.9. The molecule has 0 aromatic carbocycles. The summed E-state index contributed by atoms with van der Waals surface area (Å²) in [4.78, 5) is 38.4. The van der Waals surface area contributed by atoms with Gasteiger partial charge in [0.1, 0.15) is 13.2 Å². The summed E-state index contributed by atoms with van der Waals surface area (Å²) in [5.74, 6) is -0.830. The quantitative estimate of drug-likeness (QED) is 0.0261. The number of rotatable bonds is 64. The van der Waals surface area contributed by atoms with Crippen LogP contribution in [-0.2, 0) is 28.6 Å². The molecular formula is C69H132O6. The lowest BCUT2D eigenvalue weighted by Gasteiger charge is -2.18. The van der Waals surface area contributed by atoms with Crippen LogP contribution in [0, 0.1) is 0 Å². The molecule has 6 nitrogen and oxygen atoms in total. The van der Waals surface area contributed by atoms with Crippen LogP contribution in [0.3, 0.4) is 0 Å². The molecule has 0 aliphatic rings. The molecule has 0 heterocycles. The summed E-state index contributed by atoms with van der Waals surface area (Å²) in [6.07, 6.45) is 76.5. The minimum atomic E-state index is -0.767. The number of allylic oxidation sites excluding steroid dienone is 2. The Kier molecular flexibility index (Phi) is 63.1. The summed E-state index contributed by atoms with van der Waals surface area (Å²) in [5, 5.41) is 0. The van der Waals surface area contributed by atoms with Gasteiger partial charge >= 0.3 is 17.9 Å². The number of carbonyl (C=O) groups is 3. The molecule has 6 heteroatoms. The summed E-state index contributed by atoms with van der Waals surface area (Å²) in [5.41, 5.74) is 0. The Labute approximate surface area is 469 Å². The van der Waals surface area contributed by atoms with E-state index in [0.29, 0.717) is 19.3 Å². The third-order valence-electron chi connectivity index (χ3n) is 15.8. The Morgan fingerprint density at radius 3 is 0.667 bits per heavy atom. The van der Waals surface area contributed by atoms with Gasteiger partial charge in [-0.05, 0) is 44.9 Å². The van der Waals surface area contributed by atoms with E-state index in [-0.39, 0.29) is 31.1 Å². The molecule has 0 saturated heterocycles. The highest BCUT2D eigenvalue weighted by Gasteiger charge is 2.19. The SMILES string of the molecule is CCCCCCCC/C=C\CCCCCCCCCCCC(=O)OC(COC(=O)CCCCCCCCCCCCCCCCCCCC)COC(=O)CCCCCCCCCCCCCCCCCCCCCC. The predicted molar refractivity (Wildman–Crippen MR) is 326 cm³/mol. The highest BCUT2D eigenvalue weighted by Crippen LogP contribution is 2.19. The molecule has 0 N–H and O–H groups in total. The highest BCUT2D eigenvalue weighted by molar-refractivity contribution is 5.71. The second-order valence-corrected chi connectivity index (χ2v) is 23.5. The lowest BCUT2D eigenvalue weighted by atomic mass is 10.0. The summed E-state index contributed by atoms with van der Waals surface area (Å²) in [6, 6.07) is 0. The van der Waals surface area contributed by atoms with Gasteiger partial charge in [-0.3, -0.25) is 14.4 Å². The number of hydrogen-bond donors (Lipinski definition) is 0. The van der Waals surface area contributed by atoms with Gasteiger partial charge in [0.2, 0.25) is 0 Å². The molecule has 444 valence electrons. The Hall–Kier alpha value is -1.85. The van der Waals surface area contributed by atoms with Crippen LogP contribution in [0.4, 0.5) is 0 Å². The van der Waals surface area contributed by atoms with Crippen LogP contribution in [-0.4, -0.2) is 37.2 Å². The van der Waals surface area contributed by atoms with Gasteiger partial charge in [-0.2, -0.15) is 0 Å². The fourth-order valence-electron chi connectivity index (χ4n) is 10.6. The zero-order valence-corrected chi connectivity index (χ0v) is 51.1. The van der Waals surface area contributed by atoms with E-state index in [1.807, 2.05) is 0 Å². The van der Waals surface area contributed by atoms with E-state index in [4.69, 9.17) is 14.2 Å². The molecule has 0 aliphatic carbocycles. The van der Waals surface area contributed by atoms with E-state index in [0.717, 1.165) is 57.8 Å². The number of ether oxygens (including phenoxy) is 3. The molecule has 0 aliphatic heterocycles. The van der Waals surface area contributed by atoms with Gasteiger partial charge in [0.25, 0.3) is 0 Å². The van der Waals surface area contributed by atoms with Crippen molar-refractivity contribution in [1.29, 1.82) is 0 Å². The van der Waals surface area contributed by atoms with Crippen molar-refractivity contribution in [1.82, 2.24) is 0 Å². The maximum Gasteiger partial charge on any atom is 0.306 e. The molecule has 0 radical (unpaired) electrons. The molecule has 0 amide bonds. The van der Waals surface area contributed by atoms with Crippen LogP contribution in [0.5, 0.6) is 0 Å². The zero-order valence-electron chi connectivity index (χ0n) is 51.1. The van der Waals surface area contributed by atoms with Crippen molar-refractivity contribution in [3.63, 3.8) is 0 Å². The van der Waals surface area contributed by atoms with Crippen molar-refractivity contribution in [2.24, 2.45) is 0 Å². The molecule has 0 aromatic rings. The Balaban J connectivity index is 4.29. The summed E-state index contributed by atoms with van der Waals surface area (Å²) >= 11 is 0. The van der Waals surface area contributed by atoms with E-state index in [2.05, 4.69) is 32.9 Å². The second kappa shape index (κ2) is 64.7. The first kappa shape index (κ1) is 73.2. The second-order valence-electron chi connectivity index (χ2n) is 23.5. The third-order valence-corrected chi connectivity index (χ3v) is 15.8. The van der Waals surface area contributed by atoms with Gasteiger partial charge in [0, 0.05) is 19.3 Å². The monoisotopic (exact) mass is 1060 g/mol. The van der Waals surface area contributed by atoms with Crippen LogP contribution >= 0.6 is 0 Å². The molecule has 0 spiro atoms. The van der Waals surface area contributed by atoms with E-state index < -0.39 is 6.10 Å². The number of unbranched alkanes of at least 4 members (excludes halogenated alkanes) is 51. The van der Waals surface area contributed by atoms with Crippen molar-refractivity contribution in [3.8, 4) is 0 Å². The Bertz CT molecular complexity index is 1170. The summed E-state index contributed by atoms with van der Waals surface area (Å²) < 4.78 is 17.0. The van der Waals surface area contributed by atoms with Crippen LogP contribution in [0.1, 0.15) is 393 Å². The van der Waals surface area contributed by atoms with Crippen LogP contribution in [0.15, 0.2) is 12.2 Å². The average molecular weight is 1060 g/mol. The zero-order chi connectivity index (χ0) is 54.3. The normalized spacial score (nSPS) is 12.0. The molecule has 0 aromatic heterocycles. The van der Waals surface area contributed by atoms with Crippen LogP contribution in [0.25, 0.3) is 0 Å². The lowest BCUT2D eigenvalue weighted by Crippen LogP contribution is -2.30. The number of hydrogen-bond acceptors (Lipinski definition) is 6. The minimum absolute atomic E-state index is 0.0638. The molecule has 0 bridgehead atoms. The topological polar surface area (TPSA) is 78.9 Å². The minimum Gasteiger partial charge on any atom is -0.462 e. The maximum atomic E-state index is 12.9. The van der Waals surface area contributed by atoms with Crippen LogP contribution < -0.4 is 0 Å². The predicted octanol–water partition coefficient (Wildman–Crippen LogP) is 23.2. The number of esters is 3. The molecule has 75 heavy (non-hydrogen) atoms. The van der Waals surface area contributed by atoms with Gasteiger partial charge in [-0.15, -0.1) is 0 Å². The van der Waals surface area contributed by atoms with Crippen molar-refractivity contribution < 1.29 is 28.6 Å². The molecule has 0 saturated carbocycles. The summed E-state index contributed by atoms with van der Waals surface area (Å²) in [6.45, 7) is 6.73. The van der Waals surface area contributed by atoms with E-state index in [9.17, 15) is 14.4 Å². The molecule has 1 atom stereocenters. The van der Waals surface area contributed by atoms with Gasteiger partial charge in [-0.25, -0.2) is 0 Å². The Morgan fingerprint density at radius 1 is 0.253 bits per heavy atom. The molecule has 0 rings (SSSR count). The smallest absolute Gasteiger partial charge is 0.306 e. The van der Waals surface area contributed by atoms with E-state index in [1.54, 1.807) is 0 Å². The fourth-order valence-corrected chi connectivity index (χ4v) is 10.6. The van der Waals surface area contributed by atoms with Gasteiger partial charge in [0.05, 0.1) is 0 Å². The van der Waals surface area contributed by atoms with Gasteiger partial charge in [-0.1, -0.05) is 341 Å². The highest BCUT2D eigenvalue weighted by atomic mass is 16.6. The van der Waals surface area contributed by atoms with E-state index >= 15 is 0 Å². The van der Waals surface area contributed by atoms with Crippen molar-refractivity contribution in [3.05, 3.63) is 12.2 Å². The summed E-state index contributed by atoms with van der Waals surface area (Å²) in [7, 11) is 0.